The number of aryl methyl sites for hydroxylation is 2. The molecule has 0 aliphatic heterocycles. The molecule has 0 aliphatic carbocycles. The van der Waals surface area contributed by atoms with Crippen molar-refractivity contribution < 1.29 is 9.59 Å². The summed E-state index contributed by atoms with van der Waals surface area (Å²) < 4.78 is 2.04. The molecule has 7 nitrogen and oxygen atoms in total. The van der Waals surface area contributed by atoms with E-state index in [1.807, 2.05) is 34.7 Å². The van der Waals surface area contributed by atoms with E-state index in [4.69, 9.17) is 5.73 Å². The molecular formula is C12H17N5O2S. The summed E-state index contributed by atoms with van der Waals surface area (Å²) in [5, 5.41) is 2.05. The topological polar surface area (TPSA) is 92.7 Å². The van der Waals surface area contributed by atoms with E-state index >= 15 is 0 Å². The van der Waals surface area contributed by atoms with Gasteiger partial charge in [0.15, 0.2) is 4.96 Å². The predicted molar refractivity (Wildman–Crippen MR) is 76.6 cm³/mol. The number of fused-ring (bicyclic) bond motifs is 1. The van der Waals surface area contributed by atoms with E-state index in [9.17, 15) is 9.59 Å². The van der Waals surface area contributed by atoms with E-state index in [1.54, 1.807) is 18.4 Å². The molecule has 2 aromatic heterocycles. The summed E-state index contributed by atoms with van der Waals surface area (Å²) in [6.45, 7) is 4.64. The van der Waals surface area contributed by atoms with Crippen molar-refractivity contribution in [3.63, 3.8) is 0 Å². The first kappa shape index (κ1) is 14.5. The van der Waals surface area contributed by atoms with Gasteiger partial charge in [-0.15, -0.1) is 11.3 Å². The number of hydrogen-bond donors (Lipinski definition) is 2. The molecular weight excluding hydrogens is 278 g/mol. The number of imidazole rings is 1. The van der Waals surface area contributed by atoms with Crippen molar-refractivity contribution in [3.05, 3.63) is 22.5 Å². The van der Waals surface area contributed by atoms with E-state index in [-0.39, 0.29) is 6.54 Å². The van der Waals surface area contributed by atoms with Crippen molar-refractivity contribution in [2.45, 2.75) is 20.4 Å². The van der Waals surface area contributed by atoms with Crippen LogP contribution in [-0.4, -0.2) is 39.8 Å². The van der Waals surface area contributed by atoms with Crippen LogP contribution in [0.1, 0.15) is 16.3 Å². The Balaban J connectivity index is 2.09. The van der Waals surface area contributed by atoms with Crippen molar-refractivity contribution in [1.82, 2.24) is 19.6 Å². The SMILES string of the molecule is Cc1cn2c(CN(C)CC(=O)NC(N)=O)c(C)nc2s1. The van der Waals surface area contributed by atoms with E-state index in [0.29, 0.717) is 6.54 Å². The number of thiazole rings is 1. The molecule has 0 aromatic carbocycles. The number of nitrogens with one attached hydrogen (secondary N) is 1. The van der Waals surface area contributed by atoms with E-state index in [0.717, 1.165) is 16.3 Å². The Morgan fingerprint density at radius 3 is 2.85 bits per heavy atom. The van der Waals surface area contributed by atoms with Crippen LogP contribution in [0.15, 0.2) is 6.20 Å². The number of rotatable bonds is 4. The third kappa shape index (κ3) is 3.14. The first-order valence-electron chi connectivity index (χ1n) is 6.08. The van der Waals surface area contributed by atoms with E-state index < -0.39 is 11.9 Å². The molecule has 0 saturated heterocycles. The van der Waals surface area contributed by atoms with Crippen LogP contribution in [0.4, 0.5) is 4.79 Å². The van der Waals surface area contributed by atoms with Gasteiger partial charge in [0, 0.05) is 17.6 Å². The maximum Gasteiger partial charge on any atom is 0.318 e. The Labute approximate surface area is 120 Å². The molecule has 0 radical (unpaired) electrons. The summed E-state index contributed by atoms with van der Waals surface area (Å²) >= 11 is 1.63. The molecule has 108 valence electrons. The molecule has 0 bridgehead atoms. The van der Waals surface area contributed by atoms with Gasteiger partial charge in [0.2, 0.25) is 5.91 Å². The van der Waals surface area contributed by atoms with Gasteiger partial charge in [-0.05, 0) is 20.9 Å². The Morgan fingerprint density at radius 2 is 2.20 bits per heavy atom. The first-order valence-corrected chi connectivity index (χ1v) is 6.90. The van der Waals surface area contributed by atoms with Gasteiger partial charge in [-0.1, -0.05) is 0 Å². The molecule has 0 unspecified atom stereocenters. The number of primary amides is 1. The Bertz CT molecular complexity index is 660. The number of imide groups is 1. The van der Waals surface area contributed by atoms with Gasteiger partial charge in [-0.3, -0.25) is 19.4 Å². The van der Waals surface area contributed by atoms with Crippen LogP contribution in [-0.2, 0) is 11.3 Å². The predicted octanol–water partition coefficient (Wildman–Crippen LogP) is 0.639. The highest BCUT2D eigenvalue weighted by Crippen LogP contribution is 2.21. The number of urea groups is 1. The first-order chi connectivity index (χ1) is 9.36. The molecule has 0 saturated carbocycles. The number of carbonyl (C=O) groups is 2. The fourth-order valence-corrected chi connectivity index (χ4v) is 2.92. The number of hydrogen-bond acceptors (Lipinski definition) is 5. The van der Waals surface area contributed by atoms with Crippen LogP contribution >= 0.6 is 11.3 Å². The highest BCUT2D eigenvalue weighted by molar-refractivity contribution is 7.17. The van der Waals surface area contributed by atoms with E-state index in [1.165, 1.54) is 4.88 Å². The lowest BCUT2D eigenvalue weighted by molar-refractivity contribution is -0.120. The lowest BCUT2D eigenvalue weighted by Gasteiger charge is -2.15. The summed E-state index contributed by atoms with van der Waals surface area (Å²) in [6.07, 6.45) is 2.03. The number of aromatic nitrogens is 2. The number of nitrogens with zero attached hydrogens (tertiary/aromatic N) is 3. The summed E-state index contributed by atoms with van der Waals surface area (Å²) in [6, 6.07) is -0.834. The molecule has 0 aliphatic rings. The molecule has 3 amide bonds. The molecule has 3 N–H and O–H groups in total. The quantitative estimate of drug-likeness (QED) is 0.865. The van der Waals surface area contributed by atoms with Crippen molar-refractivity contribution in [3.8, 4) is 0 Å². The third-order valence-electron chi connectivity index (χ3n) is 2.84. The van der Waals surface area contributed by atoms with Crippen LogP contribution < -0.4 is 11.1 Å². The van der Waals surface area contributed by atoms with Gasteiger partial charge >= 0.3 is 6.03 Å². The largest absolute Gasteiger partial charge is 0.351 e. The van der Waals surface area contributed by atoms with Crippen LogP contribution in [0.25, 0.3) is 4.96 Å². The monoisotopic (exact) mass is 295 g/mol. The molecule has 8 heteroatoms. The van der Waals surface area contributed by atoms with Gasteiger partial charge in [0.25, 0.3) is 0 Å². The van der Waals surface area contributed by atoms with Crippen LogP contribution in [0.3, 0.4) is 0 Å². The lowest BCUT2D eigenvalue weighted by Crippen LogP contribution is -2.41. The lowest BCUT2D eigenvalue weighted by atomic mass is 10.3. The van der Waals surface area contributed by atoms with E-state index in [2.05, 4.69) is 4.98 Å². The molecule has 2 rings (SSSR count). The minimum absolute atomic E-state index is 0.0960. The molecule has 2 aromatic rings. The Hall–Kier alpha value is -1.93. The standard InChI is InChI=1S/C12H17N5O2S/c1-7-4-17-9(8(2)14-12(17)20-7)5-16(3)6-10(18)15-11(13)19/h4H,5-6H2,1-3H3,(H3,13,15,18,19). The zero-order valence-corrected chi connectivity index (χ0v) is 12.5. The van der Waals surface area contributed by atoms with Crippen LogP contribution in [0.2, 0.25) is 0 Å². The minimum Gasteiger partial charge on any atom is -0.351 e. The Morgan fingerprint density at radius 1 is 1.50 bits per heavy atom. The summed E-state index contributed by atoms with van der Waals surface area (Å²) in [7, 11) is 1.80. The summed E-state index contributed by atoms with van der Waals surface area (Å²) in [5.41, 5.74) is 6.89. The third-order valence-corrected chi connectivity index (χ3v) is 3.73. The van der Waals surface area contributed by atoms with Crippen molar-refractivity contribution in [2.75, 3.05) is 13.6 Å². The second kappa shape index (κ2) is 5.59. The second-order valence-corrected chi connectivity index (χ2v) is 5.94. The van der Waals surface area contributed by atoms with Gasteiger partial charge in [-0.2, -0.15) is 0 Å². The fourth-order valence-electron chi connectivity index (χ4n) is 2.03. The minimum atomic E-state index is -0.834. The zero-order chi connectivity index (χ0) is 14.9. The maximum absolute atomic E-state index is 11.5. The molecule has 0 atom stereocenters. The normalized spacial score (nSPS) is 11.2. The highest BCUT2D eigenvalue weighted by Gasteiger charge is 2.15. The van der Waals surface area contributed by atoms with Gasteiger partial charge < -0.3 is 5.73 Å². The van der Waals surface area contributed by atoms with Gasteiger partial charge in [0.05, 0.1) is 17.9 Å². The molecule has 0 spiro atoms. The van der Waals surface area contributed by atoms with Crippen molar-refractivity contribution >= 4 is 28.2 Å². The average molecular weight is 295 g/mol. The van der Waals surface area contributed by atoms with Gasteiger partial charge in [-0.25, -0.2) is 9.78 Å². The van der Waals surface area contributed by atoms with Crippen molar-refractivity contribution in [2.24, 2.45) is 5.73 Å². The summed E-state index contributed by atoms with van der Waals surface area (Å²) in [5.74, 6) is -0.417. The Kier molecular flexibility index (Phi) is 4.05. The number of carbonyl (C=O) groups excluding carboxylic acids is 2. The molecule has 2 heterocycles. The summed E-state index contributed by atoms with van der Waals surface area (Å²) in [4.78, 5) is 30.5. The molecule has 20 heavy (non-hydrogen) atoms. The van der Waals surface area contributed by atoms with Crippen molar-refractivity contribution in [1.29, 1.82) is 0 Å². The number of amides is 3. The van der Waals surface area contributed by atoms with Crippen LogP contribution in [0, 0.1) is 13.8 Å². The number of likely N-dealkylation sites (N-methyl/N-ethyl adjacent to an activating group) is 1. The van der Waals surface area contributed by atoms with Crippen LogP contribution in [0.5, 0.6) is 0 Å². The highest BCUT2D eigenvalue weighted by atomic mass is 32.1. The zero-order valence-electron chi connectivity index (χ0n) is 11.6. The smallest absolute Gasteiger partial charge is 0.318 e. The average Bonchev–Trinajstić information content (AvgIpc) is 2.76. The molecule has 0 fully saturated rings. The number of nitrogens with two attached hydrogens (primary N) is 1. The maximum atomic E-state index is 11.5. The second-order valence-electron chi connectivity index (χ2n) is 4.72. The fraction of sp³-hybridized carbons (Fsp3) is 0.417. The van der Waals surface area contributed by atoms with Gasteiger partial charge in [0.1, 0.15) is 0 Å².